The van der Waals surface area contributed by atoms with Crippen LogP contribution in [0.1, 0.15) is 32.1 Å². The van der Waals surface area contributed by atoms with E-state index >= 15 is 0 Å². The SMILES string of the molecule is O=C(O)CN(C(=O)C1CC2CCC1N2)C1CC1. The molecule has 0 aromatic carbocycles. The number of carbonyl (C=O) groups is 2. The molecule has 2 heterocycles. The molecule has 3 atom stereocenters. The molecule has 0 aromatic rings. The molecule has 0 spiro atoms. The molecule has 2 bridgehead atoms. The Kier molecular flexibility index (Phi) is 2.58. The summed E-state index contributed by atoms with van der Waals surface area (Å²) in [4.78, 5) is 24.8. The highest BCUT2D eigenvalue weighted by molar-refractivity contribution is 5.84. The van der Waals surface area contributed by atoms with Gasteiger partial charge in [0.2, 0.25) is 5.91 Å². The predicted octanol–water partition coefficient (Wildman–Crippen LogP) is 0.202. The van der Waals surface area contributed by atoms with Gasteiger partial charge in [-0.25, -0.2) is 0 Å². The number of hydrogen-bond acceptors (Lipinski definition) is 3. The fourth-order valence-electron chi connectivity index (χ4n) is 3.23. The van der Waals surface area contributed by atoms with Gasteiger partial charge in [0.1, 0.15) is 6.54 Å². The maximum Gasteiger partial charge on any atom is 0.323 e. The van der Waals surface area contributed by atoms with Crippen molar-refractivity contribution in [2.75, 3.05) is 6.54 Å². The second-order valence-electron chi connectivity index (χ2n) is 5.48. The fourth-order valence-corrected chi connectivity index (χ4v) is 3.23. The zero-order valence-corrected chi connectivity index (χ0v) is 9.76. The van der Waals surface area contributed by atoms with E-state index in [-0.39, 0.29) is 24.4 Å². The predicted molar refractivity (Wildman–Crippen MR) is 60.4 cm³/mol. The Hall–Kier alpha value is -1.10. The van der Waals surface area contributed by atoms with E-state index in [0.717, 1.165) is 32.1 Å². The summed E-state index contributed by atoms with van der Waals surface area (Å²) in [7, 11) is 0. The van der Waals surface area contributed by atoms with Gasteiger partial charge in [-0.05, 0) is 32.1 Å². The van der Waals surface area contributed by atoms with Crippen LogP contribution in [0.4, 0.5) is 0 Å². The van der Waals surface area contributed by atoms with E-state index < -0.39 is 5.97 Å². The van der Waals surface area contributed by atoms with Gasteiger partial charge in [0.05, 0.1) is 5.92 Å². The zero-order valence-electron chi connectivity index (χ0n) is 9.76. The lowest BCUT2D eigenvalue weighted by atomic mass is 9.88. The monoisotopic (exact) mass is 238 g/mol. The van der Waals surface area contributed by atoms with E-state index in [4.69, 9.17) is 5.11 Å². The Bertz CT molecular complexity index is 354. The summed E-state index contributed by atoms with van der Waals surface area (Å²) < 4.78 is 0. The molecule has 2 N–H and O–H groups in total. The number of aliphatic carboxylic acids is 1. The second-order valence-corrected chi connectivity index (χ2v) is 5.48. The summed E-state index contributed by atoms with van der Waals surface area (Å²) in [5.41, 5.74) is 0. The van der Waals surface area contributed by atoms with Gasteiger partial charge in [-0.1, -0.05) is 0 Å². The minimum atomic E-state index is -0.902. The Morgan fingerprint density at radius 1 is 1.24 bits per heavy atom. The van der Waals surface area contributed by atoms with E-state index in [9.17, 15) is 9.59 Å². The average molecular weight is 238 g/mol. The normalized spacial score (nSPS) is 34.9. The average Bonchev–Trinajstić information content (AvgIpc) is 2.92. The van der Waals surface area contributed by atoms with Crippen LogP contribution in [0, 0.1) is 5.92 Å². The lowest BCUT2D eigenvalue weighted by Gasteiger charge is -2.27. The summed E-state index contributed by atoms with van der Waals surface area (Å²) in [6, 6.07) is 0.972. The number of fused-ring (bicyclic) bond motifs is 2. The van der Waals surface area contributed by atoms with Gasteiger partial charge >= 0.3 is 5.97 Å². The van der Waals surface area contributed by atoms with Crippen LogP contribution >= 0.6 is 0 Å². The molecule has 5 nitrogen and oxygen atoms in total. The van der Waals surface area contributed by atoms with E-state index in [0.29, 0.717) is 12.1 Å². The topological polar surface area (TPSA) is 69.6 Å². The third-order valence-corrected chi connectivity index (χ3v) is 4.19. The highest BCUT2D eigenvalue weighted by Gasteiger charge is 2.46. The number of hydrogen-bond donors (Lipinski definition) is 2. The summed E-state index contributed by atoms with van der Waals surface area (Å²) >= 11 is 0. The first-order valence-electron chi connectivity index (χ1n) is 6.43. The van der Waals surface area contributed by atoms with Gasteiger partial charge in [-0.2, -0.15) is 0 Å². The molecule has 2 aliphatic heterocycles. The highest BCUT2D eigenvalue weighted by atomic mass is 16.4. The first kappa shape index (κ1) is 11.0. The number of nitrogens with zero attached hydrogens (tertiary/aromatic N) is 1. The fraction of sp³-hybridized carbons (Fsp3) is 0.833. The molecule has 1 saturated carbocycles. The largest absolute Gasteiger partial charge is 0.480 e. The standard InChI is InChI=1S/C12H18N2O3/c15-11(16)6-14(8-2-3-8)12(17)9-5-7-1-4-10(9)13-7/h7-10,13H,1-6H2,(H,15,16). The summed E-state index contributed by atoms with van der Waals surface area (Å²) in [6.07, 6.45) is 5.05. The second kappa shape index (κ2) is 3.98. The molecular formula is C12H18N2O3. The van der Waals surface area contributed by atoms with Gasteiger partial charge in [0, 0.05) is 18.1 Å². The van der Waals surface area contributed by atoms with Crippen LogP contribution in [0.3, 0.4) is 0 Å². The van der Waals surface area contributed by atoms with E-state index in [1.165, 1.54) is 0 Å². The van der Waals surface area contributed by atoms with E-state index in [2.05, 4.69) is 5.32 Å². The molecule has 3 fully saturated rings. The number of carboxylic acids is 1. The molecule has 1 aliphatic carbocycles. The molecular weight excluding hydrogens is 220 g/mol. The third kappa shape index (κ3) is 2.04. The van der Waals surface area contributed by atoms with Crippen LogP contribution in [0.2, 0.25) is 0 Å². The Morgan fingerprint density at radius 2 is 2.00 bits per heavy atom. The van der Waals surface area contributed by atoms with Gasteiger partial charge in [-0.3, -0.25) is 9.59 Å². The first-order valence-corrected chi connectivity index (χ1v) is 6.43. The van der Waals surface area contributed by atoms with Gasteiger partial charge < -0.3 is 15.3 Å². The number of carbonyl (C=O) groups excluding carboxylic acids is 1. The van der Waals surface area contributed by atoms with Gasteiger partial charge in [0.25, 0.3) is 0 Å². The zero-order chi connectivity index (χ0) is 12.0. The molecule has 0 aromatic heterocycles. The smallest absolute Gasteiger partial charge is 0.323 e. The number of amides is 1. The van der Waals surface area contributed by atoms with Gasteiger partial charge in [-0.15, -0.1) is 0 Å². The van der Waals surface area contributed by atoms with Crippen LogP contribution in [-0.2, 0) is 9.59 Å². The first-order chi connectivity index (χ1) is 8.15. The van der Waals surface area contributed by atoms with Crippen LogP contribution in [-0.4, -0.2) is 46.6 Å². The van der Waals surface area contributed by atoms with Crippen molar-refractivity contribution in [3.8, 4) is 0 Å². The molecule has 17 heavy (non-hydrogen) atoms. The minimum Gasteiger partial charge on any atom is -0.480 e. The van der Waals surface area contributed by atoms with Crippen molar-refractivity contribution in [3.63, 3.8) is 0 Å². The van der Waals surface area contributed by atoms with Gasteiger partial charge in [0.15, 0.2) is 0 Å². The molecule has 1 amide bonds. The van der Waals surface area contributed by atoms with E-state index in [1.54, 1.807) is 4.90 Å². The maximum absolute atomic E-state index is 12.4. The Morgan fingerprint density at radius 3 is 2.47 bits per heavy atom. The quantitative estimate of drug-likeness (QED) is 0.734. The lowest BCUT2D eigenvalue weighted by Crippen LogP contribution is -2.44. The Labute approximate surface area is 100 Å². The minimum absolute atomic E-state index is 0.0219. The van der Waals surface area contributed by atoms with Crippen LogP contribution < -0.4 is 5.32 Å². The van der Waals surface area contributed by atoms with Crippen molar-refractivity contribution in [1.29, 1.82) is 0 Å². The third-order valence-electron chi connectivity index (χ3n) is 4.19. The van der Waals surface area contributed by atoms with Crippen molar-refractivity contribution in [1.82, 2.24) is 10.2 Å². The highest BCUT2D eigenvalue weighted by Crippen LogP contribution is 2.36. The van der Waals surface area contributed by atoms with Crippen molar-refractivity contribution in [2.45, 2.75) is 50.2 Å². The van der Waals surface area contributed by atoms with Crippen LogP contribution in [0.5, 0.6) is 0 Å². The molecule has 3 rings (SSSR count). The molecule has 2 saturated heterocycles. The molecule has 3 unspecified atom stereocenters. The summed E-state index contributed by atoms with van der Waals surface area (Å²) in [5.74, 6) is -0.815. The van der Waals surface area contributed by atoms with Crippen LogP contribution in [0.15, 0.2) is 0 Å². The maximum atomic E-state index is 12.4. The number of nitrogens with one attached hydrogen (secondary N) is 1. The molecule has 5 heteroatoms. The lowest BCUT2D eigenvalue weighted by molar-refractivity contribution is -0.147. The van der Waals surface area contributed by atoms with Crippen molar-refractivity contribution >= 4 is 11.9 Å². The summed E-state index contributed by atoms with van der Waals surface area (Å²) in [6.45, 7) is -0.128. The van der Waals surface area contributed by atoms with Crippen molar-refractivity contribution < 1.29 is 14.7 Å². The number of rotatable bonds is 4. The Balaban J connectivity index is 1.68. The van der Waals surface area contributed by atoms with Crippen LogP contribution in [0.25, 0.3) is 0 Å². The molecule has 3 aliphatic rings. The van der Waals surface area contributed by atoms with Crippen molar-refractivity contribution in [2.24, 2.45) is 5.92 Å². The van der Waals surface area contributed by atoms with Crippen molar-refractivity contribution in [3.05, 3.63) is 0 Å². The summed E-state index contributed by atoms with van der Waals surface area (Å²) in [5, 5.41) is 12.3. The van der Waals surface area contributed by atoms with E-state index in [1.807, 2.05) is 0 Å². The number of carboxylic acid groups (broad SMARTS) is 1. The molecule has 94 valence electrons. The molecule has 0 radical (unpaired) electrons.